The average molecular weight is 342 g/mol. The van der Waals surface area contributed by atoms with Crippen LogP contribution in [-0.4, -0.2) is 33.6 Å². The molecule has 0 aliphatic heterocycles. The summed E-state index contributed by atoms with van der Waals surface area (Å²) >= 11 is 0. The van der Waals surface area contributed by atoms with Crippen LogP contribution in [-0.2, 0) is 17.8 Å². The number of benzene rings is 1. The maximum Gasteiger partial charge on any atom is 0.573 e. The summed E-state index contributed by atoms with van der Waals surface area (Å²) in [7, 11) is 0. The second kappa shape index (κ2) is 7.80. The van der Waals surface area contributed by atoms with Crippen molar-refractivity contribution in [2.45, 2.75) is 26.3 Å². The maximum absolute atomic E-state index is 12.1. The van der Waals surface area contributed by atoms with Gasteiger partial charge in [-0.15, -0.1) is 13.2 Å². The van der Waals surface area contributed by atoms with E-state index in [9.17, 15) is 18.0 Å². The monoisotopic (exact) mass is 342 g/mol. The Morgan fingerprint density at radius 2 is 2.04 bits per heavy atom. The van der Waals surface area contributed by atoms with Gasteiger partial charge < -0.3 is 10.1 Å². The molecule has 6 nitrogen and oxygen atoms in total. The molecule has 9 heteroatoms. The summed E-state index contributed by atoms with van der Waals surface area (Å²) in [4.78, 5) is 15.8. The highest BCUT2D eigenvalue weighted by atomic mass is 19.4. The summed E-state index contributed by atoms with van der Waals surface area (Å²) in [6.07, 6.45) is -1.32. The molecule has 0 fully saturated rings. The molecule has 2 aromatic rings. The fourth-order valence-electron chi connectivity index (χ4n) is 2.09. The number of ether oxygens (including phenoxy) is 1. The van der Waals surface area contributed by atoms with Gasteiger partial charge in [0.25, 0.3) is 0 Å². The van der Waals surface area contributed by atoms with Crippen LogP contribution in [0.25, 0.3) is 0 Å². The third-order valence-corrected chi connectivity index (χ3v) is 3.25. The van der Waals surface area contributed by atoms with Crippen LogP contribution in [0.1, 0.15) is 12.5 Å². The molecule has 0 bridgehead atoms. The van der Waals surface area contributed by atoms with Crippen LogP contribution in [0.5, 0.6) is 5.75 Å². The van der Waals surface area contributed by atoms with E-state index in [1.165, 1.54) is 30.6 Å². The molecule has 1 amide bonds. The number of hydrogen-bond donors (Lipinski definition) is 1. The van der Waals surface area contributed by atoms with Crippen molar-refractivity contribution in [3.8, 4) is 5.75 Å². The zero-order chi connectivity index (χ0) is 17.6. The van der Waals surface area contributed by atoms with Gasteiger partial charge in [-0.3, -0.25) is 9.48 Å². The Bertz CT molecular complexity index is 642. The predicted octanol–water partition coefficient (Wildman–Crippen LogP) is 2.17. The minimum Gasteiger partial charge on any atom is -0.406 e. The summed E-state index contributed by atoms with van der Waals surface area (Å²) < 4.78 is 41.7. The van der Waals surface area contributed by atoms with E-state index in [1.54, 1.807) is 17.9 Å². The van der Waals surface area contributed by atoms with Gasteiger partial charge in [0.2, 0.25) is 5.91 Å². The van der Waals surface area contributed by atoms with Gasteiger partial charge in [-0.05, 0) is 24.1 Å². The normalized spacial score (nSPS) is 12.7. The molecule has 0 radical (unpaired) electrons. The van der Waals surface area contributed by atoms with Gasteiger partial charge in [0.15, 0.2) is 0 Å². The molecule has 1 heterocycles. The summed E-state index contributed by atoms with van der Waals surface area (Å²) in [5, 5.41) is 6.70. The number of nitrogens with one attached hydrogen (secondary N) is 1. The number of amides is 1. The Hall–Kier alpha value is -2.58. The second-order valence-corrected chi connectivity index (χ2v) is 5.25. The van der Waals surface area contributed by atoms with Crippen molar-refractivity contribution in [3.05, 3.63) is 42.5 Å². The molecule has 0 aliphatic carbocycles. The molecule has 1 aromatic heterocycles. The summed E-state index contributed by atoms with van der Waals surface area (Å²) in [6.45, 7) is 2.69. The van der Waals surface area contributed by atoms with Crippen LogP contribution >= 0.6 is 0 Å². The van der Waals surface area contributed by atoms with Gasteiger partial charge in [-0.2, -0.15) is 5.10 Å². The molecule has 0 aliphatic rings. The molecule has 0 saturated heterocycles. The van der Waals surface area contributed by atoms with Crippen molar-refractivity contribution in [2.24, 2.45) is 5.92 Å². The average Bonchev–Trinajstić information content (AvgIpc) is 3.01. The first-order valence-corrected chi connectivity index (χ1v) is 7.28. The van der Waals surface area contributed by atoms with Gasteiger partial charge in [0.05, 0.1) is 6.54 Å². The molecule has 24 heavy (non-hydrogen) atoms. The van der Waals surface area contributed by atoms with Crippen molar-refractivity contribution in [2.75, 3.05) is 6.54 Å². The van der Waals surface area contributed by atoms with Gasteiger partial charge in [0, 0.05) is 12.5 Å². The van der Waals surface area contributed by atoms with E-state index < -0.39 is 6.36 Å². The van der Waals surface area contributed by atoms with Crippen molar-refractivity contribution >= 4 is 5.91 Å². The summed E-state index contributed by atoms with van der Waals surface area (Å²) in [5.41, 5.74) is 0.753. The number of carbonyl (C=O) groups excluding carboxylic acids is 1. The highest BCUT2D eigenvalue weighted by molar-refractivity contribution is 5.78. The maximum atomic E-state index is 12.1. The van der Waals surface area contributed by atoms with Crippen molar-refractivity contribution < 1.29 is 22.7 Å². The molecule has 1 atom stereocenters. The van der Waals surface area contributed by atoms with Crippen molar-refractivity contribution in [1.82, 2.24) is 20.1 Å². The lowest BCUT2D eigenvalue weighted by Gasteiger charge is -2.13. The SMILES string of the molecule is CC(Cc1ccc(OC(F)(F)F)cc1)C(=O)NCCn1cncn1. The van der Waals surface area contributed by atoms with Crippen LogP contribution in [0.15, 0.2) is 36.9 Å². The molecule has 1 unspecified atom stereocenters. The van der Waals surface area contributed by atoms with Gasteiger partial charge in [-0.25, -0.2) is 4.98 Å². The molecular formula is C15H17F3N4O2. The third kappa shape index (κ3) is 5.90. The first kappa shape index (κ1) is 17.8. The highest BCUT2D eigenvalue weighted by Gasteiger charge is 2.30. The standard InChI is InChI=1S/C15H17F3N4O2/c1-11(14(23)20-6-7-22-10-19-9-21-22)8-12-2-4-13(5-3-12)24-15(16,17)18/h2-5,9-11H,6-8H2,1H3,(H,20,23). The van der Waals surface area contributed by atoms with Gasteiger partial charge >= 0.3 is 6.36 Å². The second-order valence-electron chi connectivity index (χ2n) is 5.25. The van der Waals surface area contributed by atoms with E-state index >= 15 is 0 Å². The molecule has 1 aromatic carbocycles. The molecule has 130 valence electrons. The Labute approximate surface area is 136 Å². The molecule has 0 spiro atoms. The van der Waals surface area contributed by atoms with Crippen molar-refractivity contribution in [3.63, 3.8) is 0 Å². The number of aromatic nitrogens is 3. The van der Waals surface area contributed by atoms with Gasteiger partial charge in [0.1, 0.15) is 18.4 Å². The van der Waals surface area contributed by atoms with E-state index in [4.69, 9.17) is 0 Å². The largest absolute Gasteiger partial charge is 0.573 e. The predicted molar refractivity (Wildman–Crippen MR) is 79.0 cm³/mol. The number of halogens is 3. The van der Waals surface area contributed by atoms with E-state index in [0.717, 1.165) is 5.56 Å². The Morgan fingerprint density at radius 3 is 2.62 bits per heavy atom. The fraction of sp³-hybridized carbons (Fsp3) is 0.400. The topological polar surface area (TPSA) is 69.0 Å². The van der Waals surface area contributed by atoms with E-state index in [0.29, 0.717) is 19.5 Å². The zero-order valence-corrected chi connectivity index (χ0v) is 13.0. The van der Waals surface area contributed by atoms with Crippen molar-refractivity contribution in [1.29, 1.82) is 0 Å². The Kier molecular flexibility index (Phi) is 5.78. The first-order chi connectivity index (χ1) is 11.3. The minimum absolute atomic E-state index is 0.134. The van der Waals surface area contributed by atoms with Crippen LogP contribution in [0.4, 0.5) is 13.2 Å². The Balaban J connectivity index is 1.78. The van der Waals surface area contributed by atoms with Gasteiger partial charge in [-0.1, -0.05) is 19.1 Å². The molecular weight excluding hydrogens is 325 g/mol. The van der Waals surface area contributed by atoms with E-state index in [2.05, 4.69) is 20.1 Å². The van der Waals surface area contributed by atoms with E-state index in [-0.39, 0.29) is 17.6 Å². The summed E-state index contributed by atoms with van der Waals surface area (Å²) in [6, 6.07) is 5.50. The number of carbonyl (C=O) groups is 1. The molecule has 1 N–H and O–H groups in total. The van der Waals surface area contributed by atoms with Crippen LogP contribution in [0, 0.1) is 5.92 Å². The van der Waals surface area contributed by atoms with Crippen LogP contribution in [0.2, 0.25) is 0 Å². The summed E-state index contributed by atoms with van der Waals surface area (Å²) in [5.74, 6) is -0.725. The quantitative estimate of drug-likeness (QED) is 0.837. The molecule has 2 rings (SSSR count). The lowest BCUT2D eigenvalue weighted by atomic mass is 10.0. The smallest absolute Gasteiger partial charge is 0.406 e. The zero-order valence-electron chi connectivity index (χ0n) is 13.0. The number of alkyl halides is 3. The number of hydrogen-bond acceptors (Lipinski definition) is 4. The van der Waals surface area contributed by atoms with Crippen LogP contribution < -0.4 is 10.1 Å². The van der Waals surface area contributed by atoms with E-state index in [1.807, 2.05) is 0 Å². The van der Waals surface area contributed by atoms with Crippen LogP contribution in [0.3, 0.4) is 0 Å². The Morgan fingerprint density at radius 1 is 1.33 bits per heavy atom. The first-order valence-electron chi connectivity index (χ1n) is 7.28. The minimum atomic E-state index is -4.71. The lowest BCUT2D eigenvalue weighted by molar-refractivity contribution is -0.274. The highest BCUT2D eigenvalue weighted by Crippen LogP contribution is 2.23. The molecule has 0 saturated carbocycles. The fourth-order valence-corrected chi connectivity index (χ4v) is 2.09. The lowest BCUT2D eigenvalue weighted by Crippen LogP contribution is -2.32. The third-order valence-electron chi connectivity index (χ3n) is 3.25. The number of nitrogens with zero attached hydrogens (tertiary/aromatic N) is 3. The number of rotatable bonds is 7.